The molecule has 0 aromatic carbocycles. The third-order valence-electron chi connectivity index (χ3n) is 1.79. The first-order valence-corrected chi connectivity index (χ1v) is 4.35. The average Bonchev–Trinajstić information content (AvgIpc) is 2.72. The van der Waals surface area contributed by atoms with E-state index in [0.717, 1.165) is 18.1 Å². The summed E-state index contributed by atoms with van der Waals surface area (Å²) < 4.78 is 1.68. The maximum absolute atomic E-state index is 4.24. The van der Waals surface area contributed by atoms with E-state index < -0.39 is 0 Å². The quantitative estimate of drug-likeness (QED) is 0.758. The van der Waals surface area contributed by atoms with Crippen molar-refractivity contribution in [3.8, 4) is 5.82 Å². The average molecular weight is 189 g/mol. The van der Waals surface area contributed by atoms with Crippen molar-refractivity contribution in [2.45, 2.75) is 6.54 Å². The topological polar surface area (TPSA) is 55.6 Å². The van der Waals surface area contributed by atoms with Crippen molar-refractivity contribution < 1.29 is 0 Å². The van der Waals surface area contributed by atoms with Crippen LogP contribution in [-0.4, -0.2) is 26.8 Å². The molecule has 0 unspecified atom stereocenters. The number of hydrogen-bond acceptors (Lipinski definition) is 4. The van der Waals surface area contributed by atoms with Crippen LogP contribution in [0.15, 0.2) is 30.9 Å². The second-order valence-electron chi connectivity index (χ2n) is 2.85. The molecule has 5 heteroatoms. The standard InChI is InChI=1S/C9H11N5/c1-10-5-8-6-12-9(7-11-8)14-4-2-3-13-14/h2-4,6-7,10H,5H2,1H3. The third-order valence-corrected chi connectivity index (χ3v) is 1.79. The Morgan fingerprint density at radius 1 is 1.36 bits per heavy atom. The highest BCUT2D eigenvalue weighted by molar-refractivity contribution is 5.17. The van der Waals surface area contributed by atoms with Crippen molar-refractivity contribution in [2.24, 2.45) is 0 Å². The Labute approximate surface area is 81.8 Å². The van der Waals surface area contributed by atoms with Gasteiger partial charge in [0, 0.05) is 18.9 Å². The van der Waals surface area contributed by atoms with Gasteiger partial charge in [0.15, 0.2) is 5.82 Å². The maximum atomic E-state index is 4.24. The Balaban J connectivity index is 2.22. The zero-order valence-electron chi connectivity index (χ0n) is 7.88. The zero-order valence-corrected chi connectivity index (χ0v) is 7.88. The molecule has 0 aliphatic heterocycles. The van der Waals surface area contributed by atoms with E-state index in [1.807, 2.05) is 19.3 Å². The fraction of sp³-hybridized carbons (Fsp3) is 0.222. The molecule has 2 aromatic rings. The van der Waals surface area contributed by atoms with E-state index >= 15 is 0 Å². The molecule has 14 heavy (non-hydrogen) atoms. The van der Waals surface area contributed by atoms with Crippen LogP contribution in [0.3, 0.4) is 0 Å². The Bertz CT molecular complexity index is 378. The molecule has 2 aromatic heterocycles. The summed E-state index contributed by atoms with van der Waals surface area (Å²) in [4.78, 5) is 8.48. The lowest BCUT2D eigenvalue weighted by Crippen LogP contribution is -2.08. The Hall–Kier alpha value is -1.75. The van der Waals surface area contributed by atoms with Crippen molar-refractivity contribution in [3.05, 3.63) is 36.5 Å². The van der Waals surface area contributed by atoms with Gasteiger partial charge in [0.25, 0.3) is 0 Å². The summed E-state index contributed by atoms with van der Waals surface area (Å²) >= 11 is 0. The van der Waals surface area contributed by atoms with Crippen molar-refractivity contribution >= 4 is 0 Å². The summed E-state index contributed by atoms with van der Waals surface area (Å²) in [5.74, 6) is 0.731. The molecule has 0 spiro atoms. The van der Waals surface area contributed by atoms with Crippen molar-refractivity contribution in [1.29, 1.82) is 0 Å². The van der Waals surface area contributed by atoms with E-state index in [9.17, 15) is 0 Å². The van der Waals surface area contributed by atoms with Gasteiger partial charge in [-0.2, -0.15) is 5.10 Å². The van der Waals surface area contributed by atoms with Gasteiger partial charge in [-0.15, -0.1) is 0 Å². The highest BCUT2D eigenvalue weighted by Crippen LogP contribution is 2.00. The van der Waals surface area contributed by atoms with Crippen LogP contribution in [0.1, 0.15) is 5.69 Å². The minimum atomic E-state index is 0.729. The van der Waals surface area contributed by atoms with Gasteiger partial charge in [-0.3, -0.25) is 4.98 Å². The van der Waals surface area contributed by atoms with Crippen molar-refractivity contribution in [3.63, 3.8) is 0 Å². The Morgan fingerprint density at radius 2 is 2.29 bits per heavy atom. The van der Waals surface area contributed by atoms with Crippen LogP contribution >= 0.6 is 0 Å². The van der Waals surface area contributed by atoms with Crippen LogP contribution in [0, 0.1) is 0 Å². The van der Waals surface area contributed by atoms with E-state index in [1.54, 1.807) is 23.3 Å². The van der Waals surface area contributed by atoms with Crippen molar-refractivity contribution in [1.82, 2.24) is 25.1 Å². The lowest BCUT2D eigenvalue weighted by molar-refractivity contribution is 0.770. The molecule has 0 saturated carbocycles. The minimum Gasteiger partial charge on any atom is -0.314 e. The van der Waals surface area contributed by atoms with Crippen LogP contribution in [0.2, 0.25) is 0 Å². The van der Waals surface area contributed by atoms with Gasteiger partial charge in [0.05, 0.1) is 18.1 Å². The summed E-state index contributed by atoms with van der Waals surface area (Å²) in [5.41, 5.74) is 0.920. The molecular weight excluding hydrogens is 178 g/mol. The van der Waals surface area contributed by atoms with Gasteiger partial charge >= 0.3 is 0 Å². The predicted molar refractivity (Wildman–Crippen MR) is 51.9 cm³/mol. The molecular formula is C9H11N5. The summed E-state index contributed by atoms with van der Waals surface area (Å²) in [6.45, 7) is 0.729. The number of hydrogen-bond donors (Lipinski definition) is 1. The van der Waals surface area contributed by atoms with Crippen molar-refractivity contribution in [2.75, 3.05) is 7.05 Å². The molecule has 1 N–H and O–H groups in total. The fourth-order valence-electron chi connectivity index (χ4n) is 1.14. The van der Waals surface area contributed by atoms with E-state index in [0.29, 0.717) is 0 Å². The Kier molecular flexibility index (Phi) is 2.51. The first kappa shape index (κ1) is 8.83. The second-order valence-corrected chi connectivity index (χ2v) is 2.85. The largest absolute Gasteiger partial charge is 0.314 e. The van der Waals surface area contributed by atoms with Crippen LogP contribution in [-0.2, 0) is 6.54 Å². The smallest absolute Gasteiger partial charge is 0.171 e. The Morgan fingerprint density at radius 3 is 2.86 bits per heavy atom. The summed E-state index contributed by atoms with van der Waals surface area (Å²) in [7, 11) is 1.88. The van der Waals surface area contributed by atoms with Gasteiger partial charge in [-0.05, 0) is 13.1 Å². The highest BCUT2D eigenvalue weighted by atomic mass is 15.3. The van der Waals surface area contributed by atoms with Crippen LogP contribution in [0.4, 0.5) is 0 Å². The second kappa shape index (κ2) is 3.97. The third kappa shape index (κ3) is 1.77. The van der Waals surface area contributed by atoms with E-state index in [2.05, 4.69) is 20.4 Å². The van der Waals surface area contributed by atoms with Crippen LogP contribution < -0.4 is 5.32 Å². The number of aromatic nitrogens is 4. The van der Waals surface area contributed by atoms with Crippen LogP contribution in [0.25, 0.3) is 5.82 Å². The fourth-order valence-corrected chi connectivity index (χ4v) is 1.14. The molecule has 2 rings (SSSR count). The normalized spacial score (nSPS) is 10.4. The first-order chi connectivity index (χ1) is 6.90. The number of rotatable bonds is 3. The first-order valence-electron chi connectivity index (χ1n) is 4.35. The van der Waals surface area contributed by atoms with Gasteiger partial charge in [-0.1, -0.05) is 0 Å². The zero-order chi connectivity index (χ0) is 9.80. The SMILES string of the molecule is CNCc1cnc(-n2cccn2)cn1. The number of nitrogens with zero attached hydrogens (tertiary/aromatic N) is 4. The van der Waals surface area contributed by atoms with E-state index in [-0.39, 0.29) is 0 Å². The highest BCUT2D eigenvalue weighted by Gasteiger charge is 1.98. The molecule has 0 atom stereocenters. The van der Waals surface area contributed by atoms with Gasteiger partial charge in [0.1, 0.15) is 0 Å². The lowest BCUT2D eigenvalue weighted by Gasteiger charge is -2.01. The van der Waals surface area contributed by atoms with Gasteiger partial charge in [0.2, 0.25) is 0 Å². The summed E-state index contributed by atoms with van der Waals surface area (Å²) in [6.07, 6.45) is 7.00. The molecule has 0 aliphatic rings. The molecule has 72 valence electrons. The minimum absolute atomic E-state index is 0.729. The molecule has 0 radical (unpaired) electrons. The van der Waals surface area contributed by atoms with Gasteiger partial charge < -0.3 is 5.32 Å². The molecule has 2 heterocycles. The van der Waals surface area contributed by atoms with E-state index in [1.165, 1.54) is 0 Å². The van der Waals surface area contributed by atoms with Crippen LogP contribution in [0.5, 0.6) is 0 Å². The molecule has 0 fully saturated rings. The lowest BCUT2D eigenvalue weighted by atomic mass is 10.4. The molecule has 0 aliphatic carbocycles. The molecule has 0 amide bonds. The van der Waals surface area contributed by atoms with E-state index in [4.69, 9.17) is 0 Å². The van der Waals surface area contributed by atoms with Gasteiger partial charge in [-0.25, -0.2) is 9.67 Å². The molecule has 5 nitrogen and oxygen atoms in total. The molecule has 0 bridgehead atoms. The summed E-state index contributed by atoms with van der Waals surface area (Å²) in [5, 5.41) is 7.07. The molecule has 0 saturated heterocycles. The maximum Gasteiger partial charge on any atom is 0.171 e. The summed E-state index contributed by atoms with van der Waals surface area (Å²) in [6, 6.07) is 1.85. The monoisotopic (exact) mass is 189 g/mol. The predicted octanol–water partition coefficient (Wildman–Crippen LogP) is 0.382. The number of nitrogens with one attached hydrogen (secondary N) is 1.